The second-order valence-electron chi connectivity index (χ2n) is 8.93. The van der Waals surface area contributed by atoms with Crippen molar-refractivity contribution in [3.63, 3.8) is 0 Å². The van der Waals surface area contributed by atoms with Gasteiger partial charge in [0, 0.05) is 37.7 Å². The Kier molecular flexibility index (Phi) is 9.78. The van der Waals surface area contributed by atoms with Gasteiger partial charge >= 0.3 is 6.03 Å². The first-order valence-electron chi connectivity index (χ1n) is 12.4. The van der Waals surface area contributed by atoms with Crippen LogP contribution >= 0.6 is 0 Å². The van der Waals surface area contributed by atoms with E-state index in [9.17, 15) is 4.79 Å². The molecule has 2 aromatic rings. The summed E-state index contributed by atoms with van der Waals surface area (Å²) in [7, 11) is 1.66. The molecule has 180 valence electrons. The molecule has 2 heterocycles. The van der Waals surface area contributed by atoms with Crippen LogP contribution in [0.4, 0.5) is 10.7 Å². The quantitative estimate of drug-likeness (QED) is 0.472. The lowest BCUT2D eigenvalue weighted by Gasteiger charge is -2.32. The predicted molar refractivity (Wildman–Crippen MR) is 133 cm³/mol. The molecule has 0 atom stereocenters. The van der Waals surface area contributed by atoms with Gasteiger partial charge in [-0.05, 0) is 43.0 Å². The van der Waals surface area contributed by atoms with Gasteiger partial charge in [0.25, 0.3) is 0 Å². The third-order valence-electron chi connectivity index (χ3n) is 6.37. The minimum absolute atomic E-state index is 0.0596. The molecule has 7 nitrogen and oxygen atoms in total. The first kappa shape index (κ1) is 24.8. The van der Waals surface area contributed by atoms with Crippen LogP contribution in [-0.2, 0) is 6.42 Å². The van der Waals surface area contributed by atoms with Gasteiger partial charge in [0.1, 0.15) is 5.75 Å². The van der Waals surface area contributed by atoms with E-state index in [1.54, 1.807) is 7.11 Å². The highest BCUT2D eigenvalue weighted by Gasteiger charge is 2.25. The van der Waals surface area contributed by atoms with E-state index in [2.05, 4.69) is 28.3 Å². The van der Waals surface area contributed by atoms with Gasteiger partial charge in [-0.15, -0.1) is 0 Å². The summed E-state index contributed by atoms with van der Waals surface area (Å²) < 4.78 is 5.23. The molecule has 0 bridgehead atoms. The highest BCUT2D eigenvalue weighted by molar-refractivity contribution is 5.74. The van der Waals surface area contributed by atoms with Gasteiger partial charge in [0.15, 0.2) is 0 Å². The second-order valence-corrected chi connectivity index (χ2v) is 8.93. The average Bonchev–Trinajstić information content (AvgIpc) is 2.83. The van der Waals surface area contributed by atoms with Crippen LogP contribution in [0.5, 0.6) is 5.75 Å². The zero-order chi connectivity index (χ0) is 23.5. The van der Waals surface area contributed by atoms with Crippen molar-refractivity contribution in [3.8, 4) is 5.75 Å². The van der Waals surface area contributed by atoms with Crippen molar-refractivity contribution in [2.45, 2.75) is 70.6 Å². The van der Waals surface area contributed by atoms with Crippen molar-refractivity contribution in [3.05, 3.63) is 47.3 Å². The first-order chi connectivity index (χ1) is 16.1. The number of carbonyl (C=O) groups excluding carboxylic acids is 1. The topological polar surface area (TPSA) is 93.4 Å². The number of anilines is 1. The number of benzene rings is 1. The molecule has 1 aromatic carbocycles. The van der Waals surface area contributed by atoms with Crippen molar-refractivity contribution in [2.75, 3.05) is 32.5 Å². The number of unbranched alkanes of at least 4 members (excludes halogenated alkanes) is 5. The highest BCUT2D eigenvalue weighted by Crippen LogP contribution is 2.28. The summed E-state index contributed by atoms with van der Waals surface area (Å²) in [6.45, 7) is 4.47. The molecule has 0 spiro atoms. The molecule has 1 aromatic heterocycles. The molecule has 2 amide bonds. The number of urea groups is 1. The molecule has 1 aliphatic rings. The van der Waals surface area contributed by atoms with Crippen molar-refractivity contribution in [1.29, 1.82) is 0 Å². The Morgan fingerprint density at radius 1 is 1.09 bits per heavy atom. The van der Waals surface area contributed by atoms with E-state index in [1.165, 1.54) is 32.1 Å². The number of methoxy groups -OCH3 is 1. The number of piperidine rings is 1. The maximum atomic E-state index is 12.5. The van der Waals surface area contributed by atoms with E-state index in [0.717, 1.165) is 61.6 Å². The number of hydrogen-bond donors (Lipinski definition) is 2. The molecule has 33 heavy (non-hydrogen) atoms. The SMILES string of the molecule is CCCCCCCCNC(=O)N1CCC(c2cc(Cc3ccc(OC)cc3)nc(N)n2)CC1. The van der Waals surface area contributed by atoms with Crippen LogP contribution < -0.4 is 15.8 Å². The Hall–Kier alpha value is -2.83. The van der Waals surface area contributed by atoms with Gasteiger partial charge in [-0.2, -0.15) is 0 Å². The molecule has 0 aliphatic carbocycles. The summed E-state index contributed by atoms with van der Waals surface area (Å²) in [5.41, 5.74) is 9.08. The summed E-state index contributed by atoms with van der Waals surface area (Å²) >= 11 is 0. The van der Waals surface area contributed by atoms with E-state index in [-0.39, 0.29) is 6.03 Å². The molecule has 3 N–H and O–H groups in total. The smallest absolute Gasteiger partial charge is 0.317 e. The van der Waals surface area contributed by atoms with E-state index in [1.807, 2.05) is 29.2 Å². The van der Waals surface area contributed by atoms with Crippen molar-refractivity contribution in [2.24, 2.45) is 0 Å². The van der Waals surface area contributed by atoms with Gasteiger partial charge in [-0.1, -0.05) is 51.2 Å². The molecule has 7 heteroatoms. The monoisotopic (exact) mass is 453 g/mol. The minimum atomic E-state index is 0.0596. The number of nitrogen functional groups attached to an aromatic ring is 1. The van der Waals surface area contributed by atoms with E-state index >= 15 is 0 Å². The first-order valence-corrected chi connectivity index (χ1v) is 12.4. The minimum Gasteiger partial charge on any atom is -0.497 e. The van der Waals surface area contributed by atoms with E-state index < -0.39 is 0 Å². The fraction of sp³-hybridized carbons (Fsp3) is 0.577. The van der Waals surface area contributed by atoms with E-state index in [0.29, 0.717) is 18.3 Å². The van der Waals surface area contributed by atoms with Crippen LogP contribution in [0.2, 0.25) is 0 Å². The Balaban J connectivity index is 1.46. The van der Waals surface area contributed by atoms with Crippen LogP contribution in [0.3, 0.4) is 0 Å². The van der Waals surface area contributed by atoms with Gasteiger partial charge < -0.3 is 20.7 Å². The van der Waals surface area contributed by atoms with Crippen LogP contribution in [0, 0.1) is 0 Å². The molecule has 0 radical (unpaired) electrons. The lowest BCUT2D eigenvalue weighted by Crippen LogP contribution is -2.44. The van der Waals surface area contributed by atoms with Gasteiger partial charge in [0.2, 0.25) is 5.95 Å². The maximum Gasteiger partial charge on any atom is 0.317 e. The largest absolute Gasteiger partial charge is 0.497 e. The fourth-order valence-corrected chi connectivity index (χ4v) is 4.38. The Morgan fingerprint density at radius 3 is 2.48 bits per heavy atom. The van der Waals surface area contributed by atoms with Crippen molar-refractivity contribution in [1.82, 2.24) is 20.2 Å². The lowest BCUT2D eigenvalue weighted by molar-refractivity contribution is 0.180. The zero-order valence-corrected chi connectivity index (χ0v) is 20.2. The summed E-state index contributed by atoms with van der Waals surface area (Å²) in [5, 5.41) is 3.08. The predicted octanol–water partition coefficient (Wildman–Crippen LogP) is 4.91. The number of rotatable bonds is 11. The summed E-state index contributed by atoms with van der Waals surface area (Å²) in [6, 6.07) is 10.1. The van der Waals surface area contributed by atoms with Crippen LogP contribution in [0.25, 0.3) is 0 Å². The maximum absolute atomic E-state index is 12.5. The number of hydrogen-bond acceptors (Lipinski definition) is 5. The lowest BCUT2D eigenvalue weighted by atomic mass is 9.92. The van der Waals surface area contributed by atoms with E-state index in [4.69, 9.17) is 10.5 Å². The molecular weight excluding hydrogens is 414 g/mol. The molecular formula is C26H39N5O2. The zero-order valence-electron chi connectivity index (χ0n) is 20.2. The summed E-state index contributed by atoms with van der Waals surface area (Å²) in [6.07, 6.45) is 9.86. The standard InChI is InChI=1S/C26H39N5O2/c1-3-4-5-6-7-8-15-28-26(32)31-16-13-21(14-17-31)24-19-22(29-25(27)30-24)18-20-9-11-23(33-2)12-10-20/h9-12,19,21H,3-8,13-18H2,1-2H3,(H,28,32)(H2,27,29,30). The number of nitrogens with two attached hydrogens (primary N) is 1. The molecule has 1 saturated heterocycles. The summed E-state index contributed by atoms with van der Waals surface area (Å²) in [5.74, 6) is 1.45. The fourth-order valence-electron chi connectivity index (χ4n) is 4.38. The number of nitrogens with one attached hydrogen (secondary N) is 1. The number of amides is 2. The number of ether oxygens (including phenoxy) is 1. The van der Waals surface area contributed by atoms with Crippen LogP contribution in [0.15, 0.2) is 30.3 Å². The van der Waals surface area contributed by atoms with Crippen LogP contribution in [-0.4, -0.2) is 47.6 Å². The third-order valence-corrected chi connectivity index (χ3v) is 6.37. The molecule has 0 saturated carbocycles. The number of carbonyl (C=O) groups is 1. The molecule has 0 unspecified atom stereocenters. The van der Waals surface area contributed by atoms with Gasteiger partial charge in [-0.25, -0.2) is 14.8 Å². The number of likely N-dealkylation sites (tertiary alicyclic amines) is 1. The molecule has 1 fully saturated rings. The highest BCUT2D eigenvalue weighted by atomic mass is 16.5. The Labute approximate surface area is 198 Å². The number of nitrogens with zero attached hydrogens (tertiary/aromatic N) is 3. The third kappa shape index (κ3) is 7.91. The van der Waals surface area contributed by atoms with Crippen LogP contribution in [0.1, 0.15) is 81.2 Å². The van der Waals surface area contributed by atoms with Gasteiger partial charge in [0.05, 0.1) is 12.8 Å². The second kappa shape index (κ2) is 13.0. The number of aromatic nitrogens is 2. The molecule has 1 aliphatic heterocycles. The summed E-state index contributed by atoms with van der Waals surface area (Å²) in [4.78, 5) is 23.4. The van der Waals surface area contributed by atoms with Gasteiger partial charge in [-0.3, -0.25) is 0 Å². The Morgan fingerprint density at radius 2 is 1.79 bits per heavy atom. The normalized spacial score (nSPS) is 14.3. The molecule has 3 rings (SSSR count). The average molecular weight is 454 g/mol. The van der Waals surface area contributed by atoms with Crippen molar-refractivity contribution >= 4 is 12.0 Å². The Bertz CT molecular complexity index is 863. The van der Waals surface area contributed by atoms with Crippen molar-refractivity contribution < 1.29 is 9.53 Å².